The van der Waals surface area contributed by atoms with Crippen molar-refractivity contribution in [1.82, 2.24) is 0 Å². The zero-order valence-electron chi connectivity index (χ0n) is 9.93. The van der Waals surface area contributed by atoms with Gasteiger partial charge in [-0.25, -0.2) is 0 Å². The molecular weight excluding hydrogens is 301 g/mol. The lowest BCUT2D eigenvalue weighted by molar-refractivity contribution is -0.385. The molecule has 0 spiro atoms. The van der Waals surface area contributed by atoms with Crippen molar-refractivity contribution in [2.45, 2.75) is 0 Å². The number of benzene rings is 2. The van der Waals surface area contributed by atoms with Crippen molar-refractivity contribution in [3.63, 3.8) is 0 Å². The number of rotatable bonds is 3. The van der Waals surface area contributed by atoms with Crippen LogP contribution in [0, 0.1) is 21.4 Å². The summed E-state index contributed by atoms with van der Waals surface area (Å²) in [7, 11) is 0. The molecule has 2 aromatic rings. The molecule has 0 aliphatic carbocycles. The highest BCUT2D eigenvalue weighted by Crippen LogP contribution is 2.30. The van der Waals surface area contributed by atoms with Gasteiger partial charge in [-0.2, -0.15) is 5.26 Å². The maximum atomic E-state index is 10.9. The Balaban J connectivity index is 2.37. The zero-order chi connectivity index (χ0) is 14.7. The number of nitriles is 1. The molecule has 2 aromatic carbocycles. The molecule has 0 fully saturated rings. The van der Waals surface area contributed by atoms with E-state index in [4.69, 9.17) is 28.5 Å². The fourth-order valence-corrected chi connectivity index (χ4v) is 2.06. The third kappa shape index (κ3) is 2.99. The molecule has 0 heterocycles. The molecular formula is C13H7Cl2N3O2. The average molecular weight is 308 g/mol. The highest BCUT2D eigenvalue weighted by molar-refractivity contribution is 6.36. The topological polar surface area (TPSA) is 79.0 Å². The predicted octanol–water partition coefficient (Wildman–Crippen LogP) is 4.52. The number of nitro groups is 1. The molecule has 2 rings (SSSR count). The predicted molar refractivity (Wildman–Crippen MR) is 77.6 cm³/mol. The molecule has 0 atom stereocenters. The Hall–Kier alpha value is -2.29. The van der Waals surface area contributed by atoms with Crippen LogP contribution in [0.4, 0.5) is 17.1 Å². The van der Waals surface area contributed by atoms with Crippen molar-refractivity contribution in [3.05, 3.63) is 62.1 Å². The summed E-state index contributed by atoms with van der Waals surface area (Å²) in [5, 5.41) is 23.5. The highest BCUT2D eigenvalue weighted by atomic mass is 35.5. The minimum absolute atomic E-state index is 0.00255. The van der Waals surface area contributed by atoms with Gasteiger partial charge in [-0.15, -0.1) is 0 Å². The van der Waals surface area contributed by atoms with E-state index in [1.165, 1.54) is 12.1 Å². The van der Waals surface area contributed by atoms with E-state index in [2.05, 4.69) is 5.32 Å². The van der Waals surface area contributed by atoms with Crippen LogP contribution in [0.3, 0.4) is 0 Å². The molecule has 20 heavy (non-hydrogen) atoms. The summed E-state index contributed by atoms with van der Waals surface area (Å²) < 4.78 is 0. The first kappa shape index (κ1) is 14.1. The second-order valence-corrected chi connectivity index (χ2v) is 4.69. The first-order valence-electron chi connectivity index (χ1n) is 5.42. The van der Waals surface area contributed by atoms with Crippen LogP contribution in [-0.2, 0) is 0 Å². The molecule has 1 N–H and O–H groups in total. The molecule has 7 heteroatoms. The van der Waals surface area contributed by atoms with Gasteiger partial charge >= 0.3 is 0 Å². The van der Waals surface area contributed by atoms with E-state index in [-0.39, 0.29) is 11.3 Å². The van der Waals surface area contributed by atoms with Crippen LogP contribution in [-0.4, -0.2) is 4.92 Å². The molecule has 100 valence electrons. The molecule has 0 saturated carbocycles. The van der Waals surface area contributed by atoms with Gasteiger partial charge in [0.2, 0.25) is 0 Å². The second kappa shape index (κ2) is 5.78. The Labute approximate surface area is 124 Å². The van der Waals surface area contributed by atoms with E-state index < -0.39 is 4.92 Å². The number of nitro benzene ring substituents is 1. The van der Waals surface area contributed by atoms with Gasteiger partial charge in [0, 0.05) is 16.8 Å². The third-order valence-corrected chi connectivity index (χ3v) is 3.07. The van der Waals surface area contributed by atoms with Crippen molar-refractivity contribution in [2.24, 2.45) is 0 Å². The van der Waals surface area contributed by atoms with Gasteiger partial charge in [-0.05, 0) is 30.3 Å². The molecule has 0 aliphatic rings. The van der Waals surface area contributed by atoms with Gasteiger partial charge in [0.1, 0.15) is 11.6 Å². The minimum atomic E-state index is -0.604. The fourth-order valence-electron chi connectivity index (χ4n) is 1.60. The lowest BCUT2D eigenvalue weighted by Gasteiger charge is -2.08. The van der Waals surface area contributed by atoms with Crippen LogP contribution >= 0.6 is 23.2 Å². The average Bonchev–Trinajstić information content (AvgIpc) is 2.41. The molecule has 0 unspecified atom stereocenters. The van der Waals surface area contributed by atoms with Gasteiger partial charge in [0.25, 0.3) is 5.69 Å². The summed E-state index contributed by atoms with van der Waals surface area (Å²) >= 11 is 11.8. The highest BCUT2D eigenvalue weighted by Gasteiger charge is 2.14. The van der Waals surface area contributed by atoms with E-state index in [0.717, 1.165) is 0 Å². The number of hydrogen-bond donors (Lipinski definition) is 1. The Kier molecular flexibility index (Phi) is 4.08. The van der Waals surface area contributed by atoms with Crippen LogP contribution in [0.15, 0.2) is 36.4 Å². The summed E-state index contributed by atoms with van der Waals surface area (Å²) in [4.78, 5) is 10.3. The quantitative estimate of drug-likeness (QED) is 0.668. The summed E-state index contributed by atoms with van der Waals surface area (Å²) in [5.74, 6) is 0. The monoisotopic (exact) mass is 307 g/mol. The van der Waals surface area contributed by atoms with Crippen LogP contribution in [0.2, 0.25) is 10.0 Å². The summed E-state index contributed by atoms with van der Waals surface area (Å²) in [5.41, 5.74) is 0.764. The molecule has 0 amide bonds. The summed E-state index contributed by atoms with van der Waals surface area (Å²) in [6, 6.07) is 10.9. The Bertz CT molecular complexity index is 726. The summed E-state index contributed by atoms with van der Waals surface area (Å²) in [6.07, 6.45) is 0. The molecule has 0 aliphatic heterocycles. The van der Waals surface area contributed by atoms with Crippen molar-refractivity contribution >= 4 is 40.3 Å². The van der Waals surface area contributed by atoms with E-state index in [1.807, 2.05) is 0 Å². The first-order valence-corrected chi connectivity index (χ1v) is 6.17. The van der Waals surface area contributed by atoms with E-state index in [1.54, 1.807) is 30.3 Å². The first-order chi connectivity index (χ1) is 9.51. The normalized spacial score (nSPS) is 9.85. The smallest absolute Gasteiger partial charge is 0.289 e. The van der Waals surface area contributed by atoms with Crippen LogP contribution in [0.1, 0.15) is 5.56 Å². The number of nitrogens with zero attached hydrogens (tertiary/aromatic N) is 2. The number of nitrogens with one attached hydrogen (secondary N) is 1. The van der Waals surface area contributed by atoms with Gasteiger partial charge in [0.15, 0.2) is 0 Å². The van der Waals surface area contributed by atoms with Crippen molar-refractivity contribution in [2.75, 3.05) is 5.32 Å². The Morgan fingerprint density at radius 3 is 2.55 bits per heavy atom. The van der Waals surface area contributed by atoms with Crippen molar-refractivity contribution < 1.29 is 4.92 Å². The van der Waals surface area contributed by atoms with E-state index in [9.17, 15) is 10.1 Å². The molecule has 0 aromatic heterocycles. The molecule has 5 nitrogen and oxygen atoms in total. The molecule has 0 radical (unpaired) electrons. The fraction of sp³-hybridized carbons (Fsp3) is 0. The van der Waals surface area contributed by atoms with Gasteiger partial charge < -0.3 is 5.32 Å². The Morgan fingerprint density at radius 2 is 1.95 bits per heavy atom. The standard InChI is InChI=1S/C13H7Cl2N3O2/c14-9-2-4-12(11(15)5-9)17-10-3-1-8(7-16)13(6-10)18(19)20/h1-6,17H. The van der Waals surface area contributed by atoms with Crippen LogP contribution in [0.25, 0.3) is 0 Å². The van der Waals surface area contributed by atoms with Gasteiger partial charge in [-0.3, -0.25) is 10.1 Å². The number of anilines is 2. The summed E-state index contributed by atoms with van der Waals surface area (Å²) in [6.45, 7) is 0. The number of hydrogen-bond acceptors (Lipinski definition) is 4. The maximum Gasteiger partial charge on any atom is 0.289 e. The lowest BCUT2D eigenvalue weighted by Crippen LogP contribution is -1.96. The molecule has 0 saturated heterocycles. The lowest BCUT2D eigenvalue weighted by atomic mass is 10.1. The van der Waals surface area contributed by atoms with Crippen LogP contribution in [0.5, 0.6) is 0 Å². The van der Waals surface area contributed by atoms with E-state index >= 15 is 0 Å². The number of halogens is 2. The second-order valence-electron chi connectivity index (χ2n) is 3.85. The molecule has 0 bridgehead atoms. The Morgan fingerprint density at radius 1 is 1.20 bits per heavy atom. The van der Waals surface area contributed by atoms with Crippen LogP contribution < -0.4 is 5.32 Å². The largest absolute Gasteiger partial charge is 0.354 e. The van der Waals surface area contributed by atoms with Crippen molar-refractivity contribution in [3.8, 4) is 6.07 Å². The maximum absolute atomic E-state index is 10.9. The van der Waals surface area contributed by atoms with Crippen molar-refractivity contribution in [1.29, 1.82) is 5.26 Å². The SMILES string of the molecule is N#Cc1ccc(Nc2ccc(Cl)cc2Cl)cc1[N+](=O)[O-]. The van der Waals surface area contributed by atoms with Gasteiger partial charge in [-0.1, -0.05) is 23.2 Å². The minimum Gasteiger partial charge on any atom is -0.354 e. The third-order valence-electron chi connectivity index (χ3n) is 2.53. The van der Waals surface area contributed by atoms with Gasteiger partial charge in [0.05, 0.1) is 15.6 Å². The zero-order valence-corrected chi connectivity index (χ0v) is 11.4. The van der Waals surface area contributed by atoms with E-state index in [0.29, 0.717) is 21.4 Å².